The van der Waals surface area contributed by atoms with E-state index in [1.54, 1.807) is 17.0 Å². The zero-order valence-electron chi connectivity index (χ0n) is 20.4. The zero-order valence-corrected chi connectivity index (χ0v) is 21.2. The molecule has 0 aliphatic carbocycles. The normalized spacial score (nSPS) is 16.8. The second kappa shape index (κ2) is 12.8. The molecular formula is C27H37NO5S. The third kappa shape index (κ3) is 7.76. The molecule has 3 rings (SSSR count). The van der Waals surface area contributed by atoms with Crippen LogP contribution in [0.15, 0.2) is 48.5 Å². The maximum absolute atomic E-state index is 13.5. The minimum Gasteiger partial charge on any atom is -0.494 e. The first-order valence-electron chi connectivity index (χ1n) is 12.4. The highest BCUT2D eigenvalue weighted by Crippen LogP contribution is 2.24. The highest BCUT2D eigenvalue weighted by Gasteiger charge is 2.35. The molecule has 1 fully saturated rings. The van der Waals surface area contributed by atoms with Gasteiger partial charge >= 0.3 is 0 Å². The summed E-state index contributed by atoms with van der Waals surface area (Å²) in [5.41, 5.74) is 1.47. The largest absolute Gasteiger partial charge is 0.494 e. The van der Waals surface area contributed by atoms with Crippen LogP contribution in [-0.2, 0) is 16.4 Å². The summed E-state index contributed by atoms with van der Waals surface area (Å²) >= 11 is 0. The molecule has 1 heterocycles. The summed E-state index contributed by atoms with van der Waals surface area (Å²) in [5, 5.41) is 0. The van der Waals surface area contributed by atoms with E-state index in [2.05, 4.69) is 6.92 Å². The van der Waals surface area contributed by atoms with Crippen molar-refractivity contribution in [3.8, 4) is 11.5 Å². The van der Waals surface area contributed by atoms with E-state index < -0.39 is 9.84 Å². The second-order valence-electron chi connectivity index (χ2n) is 8.85. The second-order valence-corrected chi connectivity index (χ2v) is 11.1. The lowest BCUT2D eigenvalue weighted by atomic mass is 10.1. The Morgan fingerprint density at radius 3 is 2.18 bits per heavy atom. The van der Waals surface area contributed by atoms with Crippen LogP contribution in [0.5, 0.6) is 11.5 Å². The van der Waals surface area contributed by atoms with Crippen LogP contribution < -0.4 is 9.47 Å². The number of amides is 1. The molecule has 1 aliphatic heterocycles. The topological polar surface area (TPSA) is 72.9 Å². The van der Waals surface area contributed by atoms with Crippen molar-refractivity contribution in [2.45, 2.75) is 65.0 Å². The van der Waals surface area contributed by atoms with E-state index in [9.17, 15) is 13.2 Å². The third-order valence-electron chi connectivity index (χ3n) is 6.12. The zero-order chi connectivity index (χ0) is 24.4. The lowest BCUT2D eigenvalue weighted by Crippen LogP contribution is -2.40. The first kappa shape index (κ1) is 26.1. The number of hydrogen-bond donors (Lipinski definition) is 0. The molecule has 2 aromatic rings. The first-order valence-corrected chi connectivity index (χ1v) is 14.2. The average molecular weight is 488 g/mol. The van der Waals surface area contributed by atoms with Crippen LogP contribution in [0.25, 0.3) is 0 Å². The van der Waals surface area contributed by atoms with Crippen LogP contribution in [0.4, 0.5) is 0 Å². The molecule has 1 amide bonds. The average Bonchev–Trinajstić information content (AvgIpc) is 3.20. The van der Waals surface area contributed by atoms with Gasteiger partial charge in [-0.1, -0.05) is 44.7 Å². The summed E-state index contributed by atoms with van der Waals surface area (Å²) in [6.45, 7) is 5.73. The Morgan fingerprint density at radius 2 is 1.56 bits per heavy atom. The van der Waals surface area contributed by atoms with Crippen LogP contribution >= 0.6 is 0 Å². The fourth-order valence-corrected chi connectivity index (χ4v) is 5.93. The van der Waals surface area contributed by atoms with Gasteiger partial charge in [0.2, 0.25) is 0 Å². The van der Waals surface area contributed by atoms with Crippen LogP contribution in [0.2, 0.25) is 0 Å². The van der Waals surface area contributed by atoms with Gasteiger partial charge in [0.1, 0.15) is 11.5 Å². The summed E-state index contributed by atoms with van der Waals surface area (Å²) in [5.74, 6) is 1.48. The standard InChI is InChI=1S/C27H37NO5S/c1-3-5-6-7-8-18-33-26-15-11-23(12-16-26)27(29)28(24-17-19-34(30,31)21-24)20-22-9-13-25(14-10-22)32-4-2/h9-16,24H,3-8,17-21H2,1-2H3. The Balaban J connectivity index is 1.67. The Hall–Kier alpha value is -2.54. The van der Waals surface area contributed by atoms with Crippen LogP contribution in [0, 0.1) is 0 Å². The molecule has 0 aromatic heterocycles. The molecule has 1 atom stereocenters. The number of benzene rings is 2. The molecule has 0 N–H and O–H groups in total. The van der Waals surface area contributed by atoms with Crippen molar-refractivity contribution in [2.75, 3.05) is 24.7 Å². The molecule has 0 saturated carbocycles. The van der Waals surface area contributed by atoms with Crippen LogP contribution in [-0.4, -0.2) is 50.0 Å². The van der Waals surface area contributed by atoms with Gasteiger partial charge in [-0.3, -0.25) is 4.79 Å². The van der Waals surface area contributed by atoms with E-state index in [1.807, 2.05) is 43.3 Å². The van der Waals surface area contributed by atoms with Gasteiger partial charge in [-0.25, -0.2) is 8.42 Å². The molecule has 2 aromatic carbocycles. The highest BCUT2D eigenvalue weighted by molar-refractivity contribution is 7.91. The smallest absolute Gasteiger partial charge is 0.254 e. The summed E-state index contributed by atoms with van der Waals surface area (Å²) < 4.78 is 35.6. The summed E-state index contributed by atoms with van der Waals surface area (Å²) in [6, 6.07) is 14.4. The molecule has 0 radical (unpaired) electrons. The van der Waals surface area contributed by atoms with E-state index in [1.165, 1.54) is 19.3 Å². The molecule has 0 bridgehead atoms. The molecule has 0 spiro atoms. The molecule has 1 aliphatic rings. The molecule has 7 heteroatoms. The number of carbonyl (C=O) groups is 1. The molecule has 186 valence electrons. The van der Waals surface area contributed by atoms with Gasteiger partial charge in [-0.2, -0.15) is 0 Å². The molecular weight excluding hydrogens is 450 g/mol. The fraction of sp³-hybridized carbons (Fsp3) is 0.519. The Kier molecular flexibility index (Phi) is 9.81. The Morgan fingerprint density at radius 1 is 0.912 bits per heavy atom. The lowest BCUT2D eigenvalue weighted by Gasteiger charge is -2.28. The number of ether oxygens (including phenoxy) is 2. The molecule has 1 saturated heterocycles. The number of sulfone groups is 1. The summed E-state index contributed by atoms with van der Waals surface area (Å²) in [7, 11) is -3.12. The fourth-order valence-electron chi connectivity index (χ4n) is 4.20. The number of rotatable bonds is 13. The van der Waals surface area contributed by atoms with Gasteiger partial charge in [-0.15, -0.1) is 0 Å². The number of unbranched alkanes of at least 4 members (excludes halogenated alkanes) is 4. The number of hydrogen-bond acceptors (Lipinski definition) is 5. The lowest BCUT2D eigenvalue weighted by molar-refractivity contribution is 0.0681. The predicted molar refractivity (Wildman–Crippen MR) is 135 cm³/mol. The van der Waals surface area contributed by atoms with E-state index in [4.69, 9.17) is 9.47 Å². The number of carbonyl (C=O) groups excluding carboxylic acids is 1. The molecule has 1 unspecified atom stereocenters. The van der Waals surface area contributed by atoms with E-state index in [-0.39, 0.29) is 23.5 Å². The van der Waals surface area contributed by atoms with Gasteiger partial charge in [0, 0.05) is 18.2 Å². The SMILES string of the molecule is CCCCCCCOc1ccc(C(=O)N(Cc2ccc(OCC)cc2)C2CCS(=O)(=O)C2)cc1. The van der Waals surface area contributed by atoms with Gasteiger partial charge in [0.25, 0.3) is 5.91 Å². The van der Waals surface area contributed by atoms with Crippen molar-refractivity contribution in [1.29, 1.82) is 0 Å². The maximum Gasteiger partial charge on any atom is 0.254 e. The Labute approximate surface area is 204 Å². The summed E-state index contributed by atoms with van der Waals surface area (Å²) in [6.07, 6.45) is 6.35. The van der Waals surface area contributed by atoms with E-state index in [0.717, 1.165) is 29.9 Å². The van der Waals surface area contributed by atoms with Gasteiger partial charge in [0.15, 0.2) is 9.84 Å². The van der Waals surface area contributed by atoms with E-state index >= 15 is 0 Å². The quantitative estimate of drug-likeness (QED) is 0.360. The summed E-state index contributed by atoms with van der Waals surface area (Å²) in [4.78, 5) is 15.2. The van der Waals surface area contributed by atoms with Gasteiger partial charge < -0.3 is 14.4 Å². The number of nitrogens with zero attached hydrogens (tertiary/aromatic N) is 1. The van der Waals surface area contributed by atoms with E-state index in [0.29, 0.717) is 31.7 Å². The van der Waals surface area contributed by atoms with Gasteiger partial charge in [-0.05, 0) is 61.7 Å². The van der Waals surface area contributed by atoms with Gasteiger partial charge in [0.05, 0.1) is 24.7 Å². The minimum absolute atomic E-state index is 0.00892. The maximum atomic E-state index is 13.5. The van der Waals surface area contributed by atoms with Crippen molar-refractivity contribution in [3.63, 3.8) is 0 Å². The molecule has 34 heavy (non-hydrogen) atoms. The van der Waals surface area contributed by atoms with Crippen LogP contribution in [0.1, 0.15) is 68.3 Å². The molecule has 6 nitrogen and oxygen atoms in total. The first-order chi connectivity index (χ1) is 16.4. The van der Waals surface area contributed by atoms with Crippen molar-refractivity contribution in [3.05, 3.63) is 59.7 Å². The Bertz CT molecular complexity index is 1000. The van der Waals surface area contributed by atoms with Crippen LogP contribution in [0.3, 0.4) is 0 Å². The predicted octanol–water partition coefficient (Wildman–Crippen LogP) is 5.26. The van der Waals surface area contributed by atoms with Crippen molar-refractivity contribution >= 4 is 15.7 Å². The highest BCUT2D eigenvalue weighted by atomic mass is 32.2. The monoisotopic (exact) mass is 487 g/mol. The van der Waals surface area contributed by atoms with Crippen molar-refractivity contribution < 1.29 is 22.7 Å². The van der Waals surface area contributed by atoms with Crippen molar-refractivity contribution in [1.82, 2.24) is 4.90 Å². The third-order valence-corrected chi connectivity index (χ3v) is 7.87. The minimum atomic E-state index is -3.12. The van der Waals surface area contributed by atoms with Crippen molar-refractivity contribution in [2.24, 2.45) is 0 Å².